The van der Waals surface area contributed by atoms with Crippen molar-refractivity contribution in [3.8, 4) is 0 Å². The smallest absolute Gasteiger partial charge is 0.220 e. The molecule has 6 heteroatoms. The first-order valence-corrected chi connectivity index (χ1v) is 5.92. The van der Waals surface area contributed by atoms with E-state index < -0.39 is 0 Å². The van der Waals surface area contributed by atoms with Crippen molar-refractivity contribution < 1.29 is 4.79 Å². The zero-order valence-electron chi connectivity index (χ0n) is 10.4. The summed E-state index contributed by atoms with van der Waals surface area (Å²) < 4.78 is 0. The van der Waals surface area contributed by atoms with E-state index in [-0.39, 0.29) is 11.8 Å². The maximum Gasteiger partial charge on any atom is 0.220 e. The van der Waals surface area contributed by atoms with E-state index in [4.69, 9.17) is 5.73 Å². The quantitative estimate of drug-likeness (QED) is 0.643. The lowest BCUT2D eigenvalue weighted by Crippen LogP contribution is -2.28. The third-order valence-corrected chi connectivity index (χ3v) is 2.53. The van der Waals surface area contributed by atoms with Crippen LogP contribution in [0.25, 0.3) is 0 Å². The molecule has 0 radical (unpaired) electrons. The van der Waals surface area contributed by atoms with Crippen molar-refractivity contribution in [2.45, 2.75) is 33.2 Å². The third kappa shape index (κ3) is 5.44. The van der Waals surface area contributed by atoms with E-state index in [2.05, 4.69) is 34.3 Å². The van der Waals surface area contributed by atoms with Gasteiger partial charge in [-0.3, -0.25) is 9.89 Å². The average molecular weight is 239 g/mol. The number of amides is 1. The molecule has 1 unspecified atom stereocenters. The summed E-state index contributed by atoms with van der Waals surface area (Å²) in [6.45, 7) is 5.20. The summed E-state index contributed by atoms with van der Waals surface area (Å²) in [6.07, 6.45) is 2.87. The highest BCUT2D eigenvalue weighted by atomic mass is 16.1. The molecule has 1 heterocycles. The highest BCUT2D eigenvalue weighted by Crippen LogP contribution is 2.13. The summed E-state index contributed by atoms with van der Waals surface area (Å²) in [7, 11) is 0. The summed E-state index contributed by atoms with van der Waals surface area (Å²) in [5, 5.41) is 9.20. The minimum atomic E-state index is 0.0116. The number of nitrogens with two attached hydrogens (primary N) is 1. The molecule has 0 aliphatic rings. The van der Waals surface area contributed by atoms with Gasteiger partial charge in [0, 0.05) is 6.42 Å². The number of nitrogens with one attached hydrogen (secondary N) is 2. The molecule has 1 aromatic rings. The Hall–Kier alpha value is -1.43. The standard InChI is InChI=1S/C11H21N5O/c1-8(2)3-9(5-12)4-11(17)13-6-10-14-7-15-16-10/h7-9H,3-6,12H2,1-2H3,(H,13,17)(H,14,15,16). The van der Waals surface area contributed by atoms with Crippen LogP contribution in [0.5, 0.6) is 0 Å². The molecule has 1 aromatic heterocycles. The summed E-state index contributed by atoms with van der Waals surface area (Å²) in [4.78, 5) is 15.6. The van der Waals surface area contributed by atoms with Crippen molar-refractivity contribution in [2.75, 3.05) is 6.54 Å². The number of nitrogens with zero attached hydrogens (tertiary/aromatic N) is 2. The van der Waals surface area contributed by atoms with Gasteiger partial charge in [-0.1, -0.05) is 13.8 Å². The van der Waals surface area contributed by atoms with Crippen LogP contribution in [-0.2, 0) is 11.3 Å². The number of aromatic nitrogens is 3. The van der Waals surface area contributed by atoms with Gasteiger partial charge in [0.05, 0.1) is 6.54 Å². The predicted octanol–water partition coefficient (Wildman–Crippen LogP) is 0.432. The molecule has 0 saturated heterocycles. The van der Waals surface area contributed by atoms with Crippen LogP contribution in [0.3, 0.4) is 0 Å². The Morgan fingerprint density at radius 1 is 1.59 bits per heavy atom. The molecule has 0 bridgehead atoms. The molecule has 0 spiro atoms. The van der Waals surface area contributed by atoms with Crippen molar-refractivity contribution in [1.29, 1.82) is 0 Å². The van der Waals surface area contributed by atoms with Crippen molar-refractivity contribution in [2.24, 2.45) is 17.6 Å². The van der Waals surface area contributed by atoms with Crippen LogP contribution < -0.4 is 11.1 Å². The van der Waals surface area contributed by atoms with Gasteiger partial charge in [-0.05, 0) is 24.8 Å². The topological polar surface area (TPSA) is 96.7 Å². The van der Waals surface area contributed by atoms with Gasteiger partial charge in [0.15, 0.2) is 0 Å². The molecular weight excluding hydrogens is 218 g/mol. The second-order valence-electron chi connectivity index (χ2n) is 4.64. The molecular formula is C11H21N5O. The van der Waals surface area contributed by atoms with Gasteiger partial charge in [-0.25, -0.2) is 4.98 Å². The second-order valence-corrected chi connectivity index (χ2v) is 4.64. The molecule has 0 aliphatic heterocycles. The molecule has 0 aromatic carbocycles. The zero-order chi connectivity index (χ0) is 12.7. The molecule has 17 heavy (non-hydrogen) atoms. The maximum atomic E-state index is 11.7. The van der Waals surface area contributed by atoms with Crippen LogP contribution in [-0.4, -0.2) is 27.6 Å². The minimum absolute atomic E-state index is 0.0116. The third-order valence-electron chi connectivity index (χ3n) is 2.53. The number of rotatable bonds is 7. The Labute approximate surface area is 101 Å². The van der Waals surface area contributed by atoms with E-state index in [1.54, 1.807) is 0 Å². The normalized spacial score (nSPS) is 12.7. The molecule has 1 atom stereocenters. The van der Waals surface area contributed by atoms with E-state index in [1.165, 1.54) is 6.33 Å². The van der Waals surface area contributed by atoms with E-state index >= 15 is 0 Å². The molecule has 6 nitrogen and oxygen atoms in total. The average Bonchev–Trinajstić information content (AvgIpc) is 2.77. The summed E-state index contributed by atoms with van der Waals surface area (Å²) >= 11 is 0. The van der Waals surface area contributed by atoms with Crippen LogP contribution in [0, 0.1) is 11.8 Å². The van der Waals surface area contributed by atoms with E-state index in [1.807, 2.05) is 0 Å². The fraction of sp³-hybridized carbons (Fsp3) is 0.727. The molecule has 0 saturated carbocycles. The van der Waals surface area contributed by atoms with E-state index in [0.717, 1.165) is 6.42 Å². The first-order valence-electron chi connectivity index (χ1n) is 5.92. The zero-order valence-corrected chi connectivity index (χ0v) is 10.4. The molecule has 96 valence electrons. The minimum Gasteiger partial charge on any atom is -0.349 e. The van der Waals surface area contributed by atoms with Crippen molar-refractivity contribution >= 4 is 5.91 Å². The van der Waals surface area contributed by atoms with Gasteiger partial charge in [0.1, 0.15) is 12.2 Å². The van der Waals surface area contributed by atoms with Gasteiger partial charge in [0.2, 0.25) is 5.91 Å². The Balaban J connectivity index is 2.27. The second kappa shape index (κ2) is 7.01. The number of carbonyl (C=O) groups is 1. The lowest BCUT2D eigenvalue weighted by atomic mass is 9.94. The maximum absolute atomic E-state index is 11.7. The monoisotopic (exact) mass is 239 g/mol. The predicted molar refractivity (Wildman–Crippen MR) is 64.8 cm³/mol. The van der Waals surface area contributed by atoms with Crippen molar-refractivity contribution in [3.05, 3.63) is 12.2 Å². The highest BCUT2D eigenvalue weighted by molar-refractivity contribution is 5.76. The number of hydrogen-bond acceptors (Lipinski definition) is 4. The summed E-state index contributed by atoms with van der Waals surface area (Å²) in [5.41, 5.74) is 5.65. The number of carbonyl (C=O) groups excluding carboxylic acids is 1. The fourth-order valence-electron chi connectivity index (χ4n) is 1.76. The number of H-pyrrole nitrogens is 1. The van der Waals surface area contributed by atoms with Crippen molar-refractivity contribution in [3.63, 3.8) is 0 Å². The largest absolute Gasteiger partial charge is 0.349 e. The number of hydrogen-bond donors (Lipinski definition) is 3. The Morgan fingerprint density at radius 3 is 2.88 bits per heavy atom. The molecule has 0 fully saturated rings. The first kappa shape index (κ1) is 13.6. The van der Waals surface area contributed by atoms with E-state index in [9.17, 15) is 4.79 Å². The van der Waals surface area contributed by atoms with Gasteiger partial charge in [-0.2, -0.15) is 5.10 Å². The van der Waals surface area contributed by atoms with Gasteiger partial charge >= 0.3 is 0 Å². The summed E-state index contributed by atoms with van der Waals surface area (Å²) in [5.74, 6) is 1.49. The molecule has 4 N–H and O–H groups in total. The van der Waals surface area contributed by atoms with E-state index in [0.29, 0.717) is 31.3 Å². The van der Waals surface area contributed by atoms with Crippen LogP contribution in [0.2, 0.25) is 0 Å². The van der Waals surface area contributed by atoms with Crippen LogP contribution >= 0.6 is 0 Å². The number of aromatic amines is 1. The first-order chi connectivity index (χ1) is 8.11. The van der Waals surface area contributed by atoms with Crippen LogP contribution in [0.4, 0.5) is 0 Å². The van der Waals surface area contributed by atoms with Crippen molar-refractivity contribution in [1.82, 2.24) is 20.5 Å². The van der Waals surface area contributed by atoms with Gasteiger partial charge < -0.3 is 11.1 Å². The molecule has 0 aliphatic carbocycles. The molecule has 1 amide bonds. The summed E-state index contributed by atoms with van der Waals surface area (Å²) in [6, 6.07) is 0. The fourth-order valence-corrected chi connectivity index (χ4v) is 1.76. The Morgan fingerprint density at radius 2 is 2.35 bits per heavy atom. The van der Waals surface area contributed by atoms with Crippen LogP contribution in [0.15, 0.2) is 6.33 Å². The van der Waals surface area contributed by atoms with Crippen LogP contribution in [0.1, 0.15) is 32.5 Å². The lowest BCUT2D eigenvalue weighted by molar-refractivity contribution is -0.122. The highest BCUT2D eigenvalue weighted by Gasteiger charge is 2.13. The lowest BCUT2D eigenvalue weighted by Gasteiger charge is -2.16. The Kier molecular flexibility index (Phi) is 5.62. The van der Waals surface area contributed by atoms with Gasteiger partial charge in [0.25, 0.3) is 0 Å². The Bertz CT molecular complexity index is 323. The van der Waals surface area contributed by atoms with Gasteiger partial charge in [-0.15, -0.1) is 0 Å². The SMILES string of the molecule is CC(C)CC(CN)CC(=O)NCc1ncn[nH]1. The molecule has 1 rings (SSSR count).